The number of amides is 2. The van der Waals surface area contributed by atoms with E-state index in [0.29, 0.717) is 24.5 Å². The van der Waals surface area contributed by atoms with Gasteiger partial charge in [-0.25, -0.2) is 4.79 Å². The monoisotopic (exact) mass is 270 g/mol. The fraction of sp³-hybridized carbons (Fsp3) is 0.133. The molecular formula is C15H18N4O. The topological polar surface area (TPSA) is 93.2 Å². The molecule has 5 nitrogen and oxygen atoms in total. The normalized spacial score (nSPS) is 10.1. The number of nitrogens with one attached hydrogen (secondary N) is 2. The number of hydrogen-bond donors (Lipinski definition) is 4. The molecule has 2 aromatic carbocycles. The number of urea groups is 1. The van der Waals surface area contributed by atoms with Crippen molar-refractivity contribution in [3.8, 4) is 0 Å². The summed E-state index contributed by atoms with van der Waals surface area (Å²) in [4.78, 5) is 11.7. The van der Waals surface area contributed by atoms with E-state index in [2.05, 4.69) is 10.6 Å². The van der Waals surface area contributed by atoms with Gasteiger partial charge in [-0.2, -0.15) is 0 Å². The largest absolute Gasteiger partial charge is 0.399 e. The van der Waals surface area contributed by atoms with Gasteiger partial charge in [-0.3, -0.25) is 0 Å². The molecule has 0 atom stereocenters. The lowest BCUT2D eigenvalue weighted by Gasteiger charge is -2.08. The van der Waals surface area contributed by atoms with Crippen LogP contribution in [0.25, 0.3) is 0 Å². The molecule has 20 heavy (non-hydrogen) atoms. The van der Waals surface area contributed by atoms with Crippen molar-refractivity contribution in [1.29, 1.82) is 0 Å². The van der Waals surface area contributed by atoms with Gasteiger partial charge in [0.05, 0.1) is 0 Å². The molecule has 0 aliphatic heterocycles. The molecule has 0 fully saturated rings. The Kier molecular flexibility index (Phi) is 4.57. The fourth-order valence-electron chi connectivity index (χ4n) is 1.79. The first-order valence-corrected chi connectivity index (χ1v) is 6.35. The molecule has 2 amide bonds. The molecule has 2 aromatic rings. The highest BCUT2D eigenvalue weighted by Crippen LogP contribution is 2.10. The molecular weight excluding hydrogens is 252 g/mol. The third-order valence-electron chi connectivity index (χ3n) is 2.85. The quantitative estimate of drug-likeness (QED) is 0.640. The van der Waals surface area contributed by atoms with Crippen LogP contribution in [0.5, 0.6) is 0 Å². The van der Waals surface area contributed by atoms with E-state index in [1.807, 2.05) is 24.3 Å². The first-order valence-electron chi connectivity index (χ1n) is 6.35. The van der Waals surface area contributed by atoms with Gasteiger partial charge in [0.15, 0.2) is 0 Å². The Morgan fingerprint density at radius 1 is 1.05 bits per heavy atom. The van der Waals surface area contributed by atoms with Gasteiger partial charge in [-0.1, -0.05) is 24.3 Å². The SMILES string of the molecule is NCc1cccc(CNC(=O)Nc2ccc(N)cc2)c1. The van der Waals surface area contributed by atoms with E-state index in [-0.39, 0.29) is 6.03 Å². The summed E-state index contributed by atoms with van der Waals surface area (Å²) in [6, 6.07) is 14.5. The molecule has 0 saturated carbocycles. The van der Waals surface area contributed by atoms with Gasteiger partial charge in [-0.05, 0) is 35.4 Å². The summed E-state index contributed by atoms with van der Waals surface area (Å²) in [5.74, 6) is 0. The molecule has 0 aliphatic rings. The molecule has 0 unspecified atom stereocenters. The van der Waals surface area contributed by atoms with Gasteiger partial charge in [-0.15, -0.1) is 0 Å². The van der Waals surface area contributed by atoms with Crippen LogP contribution in [0.3, 0.4) is 0 Å². The third kappa shape index (κ3) is 4.00. The summed E-state index contributed by atoms with van der Waals surface area (Å²) in [6.45, 7) is 0.945. The highest BCUT2D eigenvalue weighted by molar-refractivity contribution is 5.89. The maximum Gasteiger partial charge on any atom is 0.319 e. The number of nitrogen functional groups attached to an aromatic ring is 1. The minimum Gasteiger partial charge on any atom is -0.399 e. The summed E-state index contributed by atoms with van der Waals surface area (Å²) in [5.41, 5.74) is 14.6. The highest BCUT2D eigenvalue weighted by atomic mass is 16.2. The number of carbonyl (C=O) groups is 1. The number of nitrogens with two attached hydrogens (primary N) is 2. The lowest BCUT2D eigenvalue weighted by molar-refractivity contribution is 0.251. The van der Waals surface area contributed by atoms with Crippen LogP contribution >= 0.6 is 0 Å². The van der Waals surface area contributed by atoms with E-state index in [9.17, 15) is 4.79 Å². The number of rotatable bonds is 4. The zero-order valence-corrected chi connectivity index (χ0v) is 11.1. The Labute approximate surface area is 118 Å². The van der Waals surface area contributed by atoms with E-state index in [4.69, 9.17) is 11.5 Å². The van der Waals surface area contributed by atoms with E-state index in [0.717, 1.165) is 11.1 Å². The van der Waals surface area contributed by atoms with Crippen LogP contribution in [0, 0.1) is 0 Å². The van der Waals surface area contributed by atoms with Gasteiger partial charge in [0, 0.05) is 24.5 Å². The average Bonchev–Trinajstić information content (AvgIpc) is 2.48. The smallest absolute Gasteiger partial charge is 0.319 e. The Hall–Kier alpha value is -2.53. The second-order valence-electron chi connectivity index (χ2n) is 4.45. The number of carbonyl (C=O) groups excluding carboxylic acids is 1. The van der Waals surface area contributed by atoms with Gasteiger partial charge in [0.2, 0.25) is 0 Å². The lowest BCUT2D eigenvalue weighted by Crippen LogP contribution is -2.28. The fourth-order valence-corrected chi connectivity index (χ4v) is 1.79. The van der Waals surface area contributed by atoms with Crippen LogP contribution < -0.4 is 22.1 Å². The lowest BCUT2D eigenvalue weighted by atomic mass is 10.1. The van der Waals surface area contributed by atoms with Crippen molar-refractivity contribution >= 4 is 17.4 Å². The number of hydrogen-bond acceptors (Lipinski definition) is 3. The summed E-state index contributed by atoms with van der Waals surface area (Å²) < 4.78 is 0. The zero-order valence-electron chi connectivity index (χ0n) is 11.1. The summed E-state index contributed by atoms with van der Waals surface area (Å²) >= 11 is 0. The minimum atomic E-state index is -0.257. The van der Waals surface area contributed by atoms with Crippen molar-refractivity contribution in [3.63, 3.8) is 0 Å². The summed E-state index contributed by atoms with van der Waals surface area (Å²) in [5, 5.41) is 5.53. The van der Waals surface area contributed by atoms with Gasteiger partial charge < -0.3 is 22.1 Å². The van der Waals surface area contributed by atoms with Crippen LogP contribution in [-0.2, 0) is 13.1 Å². The maximum absolute atomic E-state index is 11.7. The first kappa shape index (κ1) is 13.9. The number of anilines is 2. The van der Waals surface area contributed by atoms with Crippen molar-refractivity contribution in [1.82, 2.24) is 5.32 Å². The van der Waals surface area contributed by atoms with E-state index in [1.54, 1.807) is 24.3 Å². The minimum absolute atomic E-state index is 0.257. The van der Waals surface area contributed by atoms with Crippen molar-refractivity contribution < 1.29 is 4.79 Å². The summed E-state index contributed by atoms with van der Waals surface area (Å²) in [6.07, 6.45) is 0. The van der Waals surface area contributed by atoms with Crippen LogP contribution in [0.2, 0.25) is 0 Å². The van der Waals surface area contributed by atoms with E-state index in [1.165, 1.54) is 0 Å². The second kappa shape index (κ2) is 6.58. The Balaban J connectivity index is 1.87. The predicted octanol–water partition coefficient (Wildman–Crippen LogP) is 2.05. The Morgan fingerprint density at radius 2 is 1.75 bits per heavy atom. The van der Waals surface area contributed by atoms with Gasteiger partial charge in [0.1, 0.15) is 0 Å². The molecule has 104 valence electrons. The molecule has 5 heteroatoms. The van der Waals surface area contributed by atoms with E-state index < -0.39 is 0 Å². The van der Waals surface area contributed by atoms with Gasteiger partial charge >= 0.3 is 6.03 Å². The Morgan fingerprint density at radius 3 is 2.45 bits per heavy atom. The molecule has 0 aliphatic carbocycles. The Bertz CT molecular complexity index is 581. The molecule has 0 bridgehead atoms. The average molecular weight is 270 g/mol. The van der Waals surface area contributed by atoms with Gasteiger partial charge in [0.25, 0.3) is 0 Å². The van der Waals surface area contributed by atoms with Crippen molar-refractivity contribution in [2.24, 2.45) is 5.73 Å². The molecule has 2 rings (SSSR count). The molecule has 0 saturated heterocycles. The third-order valence-corrected chi connectivity index (χ3v) is 2.85. The molecule has 0 spiro atoms. The van der Waals surface area contributed by atoms with Crippen molar-refractivity contribution in [2.75, 3.05) is 11.1 Å². The molecule has 0 radical (unpaired) electrons. The van der Waals surface area contributed by atoms with Crippen LogP contribution in [0.1, 0.15) is 11.1 Å². The number of benzene rings is 2. The van der Waals surface area contributed by atoms with E-state index >= 15 is 0 Å². The second-order valence-corrected chi connectivity index (χ2v) is 4.45. The van der Waals surface area contributed by atoms with Crippen LogP contribution in [0.4, 0.5) is 16.2 Å². The van der Waals surface area contributed by atoms with Crippen molar-refractivity contribution in [3.05, 3.63) is 59.7 Å². The highest BCUT2D eigenvalue weighted by Gasteiger charge is 2.02. The molecule has 0 heterocycles. The molecule has 6 N–H and O–H groups in total. The van der Waals surface area contributed by atoms with Crippen molar-refractivity contribution in [2.45, 2.75) is 13.1 Å². The zero-order chi connectivity index (χ0) is 14.4. The molecule has 0 aromatic heterocycles. The van der Waals surface area contributed by atoms with Crippen LogP contribution in [-0.4, -0.2) is 6.03 Å². The van der Waals surface area contributed by atoms with Crippen LogP contribution in [0.15, 0.2) is 48.5 Å². The predicted molar refractivity (Wildman–Crippen MR) is 81.0 cm³/mol. The standard InChI is InChI=1S/C15H18N4O/c16-9-11-2-1-3-12(8-11)10-18-15(20)19-14-6-4-13(17)5-7-14/h1-8H,9-10,16-17H2,(H2,18,19,20). The first-order chi connectivity index (χ1) is 9.67. The summed E-state index contributed by atoms with van der Waals surface area (Å²) in [7, 11) is 0. The maximum atomic E-state index is 11.7.